The molecule has 2 unspecified atom stereocenters. The second-order valence-corrected chi connectivity index (χ2v) is 9.91. The summed E-state index contributed by atoms with van der Waals surface area (Å²) in [6.45, 7) is 7.09. The molecule has 2 aromatic rings. The zero-order valence-corrected chi connectivity index (χ0v) is 20.4. The highest BCUT2D eigenvalue weighted by Crippen LogP contribution is 2.43. The highest BCUT2D eigenvalue weighted by Gasteiger charge is 2.58. The van der Waals surface area contributed by atoms with Crippen LogP contribution in [0.5, 0.6) is 0 Å². The van der Waals surface area contributed by atoms with Crippen LogP contribution >= 0.6 is 0 Å². The van der Waals surface area contributed by atoms with E-state index in [1.165, 1.54) is 22.3 Å². The molecule has 1 aliphatic heterocycles. The van der Waals surface area contributed by atoms with Gasteiger partial charge in [0.2, 0.25) is 0 Å². The molecule has 2 aliphatic carbocycles. The number of aliphatic hydroxyl groups is 1. The van der Waals surface area contributed by atoms with Gasteiger partial charge in [0.25, 0.3) is 11.6 Å². The number of aromatic nitrogens is 1. The molecular formula is C26H33N3O5. The quantitative estimate of drug-likeness (QED) is 0.620. The van der Waals surface area contributed by atoms with Gasteiger partial charge in [-0.3, -0.25) is 0 Å². The molecule has 1 aromatic heterocycles. The number of rotatable bonds is 6. The Hall–Kier alpha value is -2.87. The number of ether oxygens (including phenoxy) is 2. The lowest BCUT2D eigenvalue weighted by Gasteiger charge is -2.28. The summed E-state index contributed by atoms with van der Waals surface area (Å²) in [5, 5.41) is 18.0. The second kappa shape index (κ2) is 8.41. The number of hydrogen-bond acceptors (Lipinski definition) is 8. The van der Waals surface area contributed by atoms with Crippen molar-refractivity contribution in [1.82, 2.24) is 5.16 Å². The van der Waals surface area contributed by atoms with Crippen LogP contribution in [0.15, 0.2) is 21.6 Å². The summed E-state index contributed by atoms with van der Waals surface area (Å²) in [5.41, 5.74) is 3.97. The fourth-order valence-electron chi connectivity index (χ4n) is 5.47. The molecule has 0 saturated heterocycles. The Kier molecular flexibility index (Phi) is 5.67. The molecule has 182 valence electrons. The third kappa shape index (κ3) is 3.59. The van der Waals surface area contributed by atoms with E-state index in [0.717, 1.165) is 44.2 Å². The molecule has 0 fully saturated rings. The molecule has 2 heterocycles. The van der Waals surface area contributed by atoms with E-state index in [0.29, 0.717) is 12.4 Å². The average molecular weight is 468 g/mol. The van der Waals surface area contributed by atoms with Crippen molar-refractivity contribution in [1.29, 1.82) is 0 Å². The first kappa shape index (κ1) is 22.9. The molecular weight excluding hydrogens is 434 g/mol. The molecule has 0 saturated carbocycles. The van der Waals surface area contributed by atoms with Crippen LogP contribution in [0.1, 0.15) is 80.7 Å². The number of carbonyl (C=O) groups is 1. The topological polar surface area (TPSA) is 106 Å². The monoisotopic (exact) mass is 467 g/mol. The zero-order valence-electron chi connectivity index (χ0n) is 20.4. The van der Waals surface area contributed by atoms with Crippen molar-refractivity contribution in [3.63, 3.8) is 0 Å². The molecule has 0 radical (unpaired) electrons. The van der Waals surface area contributed by atoms with Crippen molar-refractivity contribution in [2.24, 2.45) is 4.99 Å². The van der Waals surface area contributed by atoms with Gasteiger partial charge >= 0.3 is 5.97 Å². The number of nitrogens with zero attached hydrogens (tertiary/aromatic N) is 2. The third-order valence-electron chi connectivity index (χ3n) is 7.16. The molecule has 0 amide bonds. The van der Waals surface area contributed by atoms with Crippen LogP contribution in [0, 0.1) is 0 Å². The fraction of sp³-hybridized carbons (Fsp3) is 0.577. The van der Waals surface area contributed by atoms with Gasteiger partial charge in [-0.25, -0.2) is 9.79 Å². The average Bonchev–Trinajstić information content (AvgIpc) is 3.57. The summed E-state index contributed by atoms with van der Waals surface area (Å²) in [6, 6.07) is 3.68. The molecule has 3 aliphatic rings. The van der Waals surface area contributed by atoms with Gasteiger partial charge in [-0.1, -0.05) is 18.1 Å². The highest BCUT2D eigenvalue weighted by molar-refractivity contribution is 5.97. The first-order valence-corrected chi connectivity index (χ1v) is 12.4. The van der Waals surface area contributed by atoms with E-state index >= 15 is 0 Å². The molecule has 5 rings (SSSR count). The predicted octanol–water partition coefficient (Wildman–Crippen LogP) is 3.91. The largest absolute Gasteiger partial charge is 0.463 e. The summed E-state index contributed by atoms with van der Waals surface area (Å²) in [7, 11) is 0. The minimum atomic E-state index is -1.58. The molecule has 2 N–H and O–H groups in total. The zero-order chi connectivity index (χ0) is 24.1. The Balaban J connectivity index is 1.54. The van der Waals surface area contributed by atoms with Gasteiger partial charge in [-0.15, -0.1) is 0 Å². The van der Waals surface area contributed by atoms with Crippen LogP contribution in [-0.4, -0.2) is 34.9 Å². The Labute approximate surface area is 199 Å². The normalized spacial score (nSPS) is 23.3. The summed E-state index contributed by atoms with van der Waals surface area (Å²) in [6.07, 6.45) is 7.04. The number of nitrogens with one attached hydrogen (secondary N) is 1. The van der Waals surface area contributed by atoms with Gasteiger partial charge in [0.05, 0.1) is 6.61 Å². The van der Waals surface area contributed by atoms with Crippen LogP contribution in [-0.2, 0) is 51.2 Å². The SMILES string of the molecule is CCOC(=O)C1(c2cc(C(C)(C)O)on2)OC(Nc2c3c(cc4c2CCC4)CCC3)=NC1CC. The van der Waals surface area contributed by atoms with Crippen molar-refractivity contribution in [2.75, 3.05) is 11.9 Å². The van der Waals surface area contributed by atoms with Crippen molar-refractivity contribution in [3.05, 3.63) is 45.8 Å². The highest BCUT2D eigenvalue weighted by atomic mass is 16.6. The van der Waals surface area contributed by atoms with Crippen LogP contribution in [0.3, 0.4) is 0 Å². The molecule has 8 heteroatoms. The Morgan fingerprint density at radius 3 is 2.41 bits per heavy atom. The van der Waals surface area contributed by atoms with Crippen molar-refractivity contribution in [2.45, 2.75) is 89.9 Å². The predicted molar refractivity (Wildman–Crippen MR) is 127 cm³/mol. The Bertz CT molecular complexity index is 1110. The van der Waals surface area contributed by atoms with Gasteiger partial charge in [-0.2, -0.15) is 0 Å². The van der Waals surface area contributed by atoms with Crippen molar-refractivity contribution >= 4 is 17.7 Å². The summed E-state index contributed by atoms with van der Waals surface area (Å²) in [5.74, 6) is -0.328. The molecule has 1 aromatic carbocycles. The van der Waals surface area contributed by atoms with Crippen LogP contribution < -0.4 is 5.32 Å². The van der Waals surface area contributed by atoms with Gasteiger partial charge < -0.3 is 24.4 Å². The van der Waals surface area contributed by atoms with Crippen LogP contribution in [0.2, 0.25) is 0 Å². The van der Waals surface area contributed by atoms with Crippen molar-refractivity contribution in [3.8, 4) is 0 Å². The third-order valence-corrected chi connectivity index (χ3v) is 7.16. The molecule has 2 atom stereocenters. The minimum Gasteiger partial charge on any atom is -0.463 e. The van der Waals surface area contributed by atoms with Crippen LogP contribution in [0.4, 0.5) is 5.69 Å². The Morgan fingerprint density at radius 1 is 1.18 bits per heavy atom. The molecule has 0 spiro atoms. The van der Waals surface area contributed by atoms with Gasteiger partial charge in [0, 0.05) is 11.8 Å². The molecule has 8 nitrogen and oxygen atoms in total. The van der Waals surface area contributed by atoms with Gasteiger partial charge in [0.1, 0.15) is 17.3 Å². The minimum absolute atomic E-state index is 0.193. The lowest BCUT2D eigenvalue weighted by atomic mass is 9.88. The standard InChI is InChI=1S/C26H33N3O5/c1-5-19-26(23(30)32-6-2,20-14-21(34-29-20)25(3,4)31)33-24(27-19)28-22-17-11-7-9-15(17)13-16-10-8-12-18(16)22/h13-14,19,31H,5-12H2,1-4H3,(H,27,28). The maximum absolute atomic E-state index is 13.4. The number of esters is 1. The molecule has 0 bridgehead atoms. The number of aryl methyl sites for hydroxylation is 2. The maximum Gasteiger partial charge on any atom is 0.359 e. The number of anilines is 1. The van der Waals surface area contributed by atoms with E-state index in [1.807, 2.05) is 6.92 Å². The number of hydrogen-bond donors (Lipinski definition) is 2. The van der Waals surface area contributed by atoms with E-state index in [4.69, 9.17) is 19.0 Å². The second-order valence-electron chi connectivity index (χ2n) is 9.91. The number of aliphatic imine (C=N–C) groups is 1. The Morgan fingerprint density at radius 2 is 1.85 bits per heavy atom. The van der Waals surface area contributed by atoms with Gasteiger partial charge in [-0.05, 0) is 88.0 Å². The lowest BCUT2D eigenvalue weighted by Crippen LogP contribution is -2.47. The van der Waals surface area contributed by atoms with Gasteiger partial charge in [0.15, 0.2) is 5.76 Å². The number of benzene rings is 1. The van der Waals surface area contributed by atoms with E-state index in [2.05, 4.69) is 16.5 Å². The number of amidine groups is 1. The smallest absolute Gasteiger partial charge is 0.359 e. The summed E-state index contributed by atoms with van der Waals surface area (Å²) in [4.78, 5) is 18.2. The fourth-order valence-corrected chi connectivity index (χ4v) is 5.47. The van der Waals surface area contributed by atoms with E-state index in [1.54, 1.807) is 26.8 Å². The maximum atomic E-state index is 13.4. The summed E-state index contributed by atoms with van der Waals surface area (Å²) >= 11 is 0. The van der Waals surface area contributed by atoms with E-state index < -0.39 is 23.2 Å². The van der Waals surface area contributed by atoms with E-state index in [9.17, 15) is 9.90 Å². The summed E-state index contributed by atoms with van der Waals surface area (Å²) < 4.78 is 17.2. The number of fused-ring (bicyclic) bond motifs is 2. The number of carbonyl (C=O) groups excluding carboxylic acids is 1. The lowest BCUT2D eigenvalue weighted by molar-refractivity contribution is -0.165. The first-order valence-electron chi connectivity index (χ1n) is 12.4. The molecule has 34 heavy (non-hydrogen) atoms. The van der Waals surface area contributed by atoms with E-state index in [-0.39, 0.29) is 18.1 Å². The van der Waals surface area contributed by atoms with Crippen molar-refractivity contribution < 1.29 is 23.9 Å². The van der Waals surface area contributed by atoms with Crippen LogP contribution in [0.25, 0.3) is 0 Å². The first-order chi connectivity index (χ1) is 16.3.